The largest absolute Gasteiger partial charge is 0.438 e. The molecule has 0 unspecified atom stereocenters. The van der Waals surface area contributed by atoms with E-state index in [9.17, 15) is 9.59 Å². The summed E-state index contributed by atoms with van der Waals surface area (Å²) in [5.41, 5.74) is 5.17. The van der Waals surface area contributed by atoms with Gasteiger partial charge in [-0.25, -0.2) is 4.79 Å². The fourth-order valence-electron chi connectivity index (χ4n) is 5.90. The van der Waals surface area contributed by atoms with Crippen LogP contribution in [0.2, 0.25) is 0 Å². The highest BCUT2D eigenvalue weighted by molar-refractivity contribution is 5.92. The summed E-state index contributed by atoms with van der Waals surface area (Å²) in [7, 11) is 0. The minimum absolute atomic E-state index is 0.0578. The third kappa shape index (κ3) is 6.05. The van der Waals surface area contributed by atoms with E-state index in [1.54, 1.807) is 0 Å². The molecule has 5 rings (SSSR count). The molecule has 0 aliphatic heterocycles. The van der Waals surface area contributed by atoms with Gasteiger partial charge in [0.1, 0.15) is 5.76 Å². The number of aryl methyl sites for hydroxylation is 3. The second-order valence-electron chi connectivity index (χ2n) is 11.6. The molecule has 0 saturated heterocycles. The fourth-order valence-corrected chi connectivity index (χ4v) is 5.90. The number of nitrogens with one attached hydrogen (secondary N) is 2. The number of carbonyl (C=O) groups excluding carboxylic acids is 1. The fraction of sp³-hybridized carbons (Fsp3) is 0.586. The molecule has 1 amide bonds. The van der Waals surface area contributed by atoms with Crippen molar-refractivity contribution in [2.45, 2.75) is 96.8 Å². The summed E-state index contributed by atoms with van der Waals surface area (Å²) in [6.45, 7) is 8.61. The second kappa shape index (κ2) is 10.7. The number of hydrogen-bond donors (Lipinski definition) is 2. The minimum atomic E-state index is -0.567. The zero-order chi connectivity index (χ0) is 26.1. The number of aromatic nitrogens is 3. The molecule has 1 atom stereocenters. The van der Waals surface area contributed by atoms with Gasteiger partial charge in [0, 0.05) is 35.9 Å². The Kier molecular flexibility index (Phi) is 7.36. The first-order valence-corrected chi connectivity index (χ1v) is 13.7. The lowest BCUT2D eigenvalue weighted by Crippen LogP contribution is -2.24. The van der Waals surface area contributed by atoms with Crippen LogP contribution in [0.5, 0.6) is 0 Å². The van der Waals surface area contributed by atoms with Gasteiger partial charge < -0.3 is 9.84 Å². The van der Waals surface area contributed by atoms with Gasteiger partial charge in [-0.2, -0.15) is 0 Å². The average molecular weight is 507 g/mol. The predicted molar refractivity (Wildman–Crippen MR) is 141 cm³/mol. The highest BCUT2D eigenvalue weighted by atomic mass is 16.5. The Bertz CT molecular complexity index is 1290. The molecule has 2 aromatic heterocycles. The van der Waals surface area contributed by atoms with E-state index in [2.05, 4.69) is 45.1 Å². The second-order valence-corrected chi connectivity index (χ2v) is 11.6. The maximum Gasteiger partial charge on any atom is 0.438 e. The zero-order valence-electron chi connectivity index (χ0n) is 22.3. The number of benzene rings is 1. The Hall–Kier alpha value is -3.16. The summed E-state index contributed by atoms with van der Waals surface area (Å²) in [4.78, 5) is 27.3. The Balaban J connectivity index is 1.36. The lowest BCUT2D eigenvalue weighted by molar-refractivity contribution is -0.116. The van der Waals surface area contributed by atoms with Crippen LogP contribution < -0.4 is 11.1 Å². The van der Waals surface area contributed by atoms with Crippen molar-refractivity contribution in [1.29, 1.82) is 0 Å². The van der Waals surface area contributed by atoms with Crippen LogP contribution >= 0.6 is 0 Å². The number of rotatable bonds is 11. The first-order chi connectivity index (χ1) is 17.8. The molecule has 2 aliphatic carbocycles. The molecular weight excluding hydrogens is 468 g/mol. The lowest BCUT2D eigenvalue weighted by atomic mass is 9.69. The van der Waals surface area contributed by atoms with Crippen molar-refractivity contribution >= 4 is 11.6 Å². The topological polar surface area (TPSA) is 114 Å². The Labute approximate surface area is 217 Å². The number of H-pyrrole nitrogens is 1. The van der Waals surface area contributed by atoms with Crippen LogP contribution in [-0.2, 0) is 11.2 Å². The standard InChI is InChI=1S/C29H38N4O4/c1-16(2)11-19-13-22(14-19)28-26(20-6-7-20)27(33-36-28)21(8-10-24-31-29(35)37-32-24)15-25(34)30-23-9-5-17(3)12-18(23)4/h5,9,12,16,19-22H,6-8,10-11,13-15H2,1-4H3,(H,30,34)(H,31,32,35)/t19-,21-,22+/m0/s1. The number of anilines is 1. The van der Waals surface area contributed by atoms with E-state index in [4.69, 9.17) is 4.52 Å². The van der Waals surface area contributed by atoms with Crippen LogP contribution in [0, 0.1) is 25.7 Å². The summed E-state index contributed by atoms with van der Waals surface area (Å²) in [5.74, 6) is 3.13. The normalized spacial score (nSPS) is 20.1. The molecule has 0 bridgehead atoms. The van der Waals surface area contributed by atoms with E-state index >= 15 is 0 Å². The number of aromatic amines is 1. The molecule has 8 heteroatoms. The molecule has 2 heterocycles. The highest BCUT2D eigenvalue weighted by Crippen LogP contribution is 2.52. The van der Waals surface area contributed by atoms with Crippen LogP contribution in [0.1, 0.15) is 111 Å². The van der Waals surface area contributed by atoms with Crippen LogP contribution in [0.15, 0.2) is 32.0 Å². The van der Waals surface area contributed by atoms with Crippen LogP contribution in [0.3, 0.4) is 0 Å². The number of hydrogen-bond acceptors (Lipinski definition) is 6. The zero-order valence-corrected chi connectivity index (χ0v) is 22.3. The summed E-state index contributed by atoms with van der Waals surface area (Å²) in [6.07, 6.45) is 7.22. The molecule has 198 valence electrons. The molecule has 0 radical (unpaired) electrons. The van der Waals surface area contributed by atoms with Gasteiger partial charge in [0.2, 0.25) is 5.91 Å². The van der Waals surface area contributed by atoms with E-state index < -0.39 is 5.76 Å². The quantitative estimate of drug-likeness (QED) is 0.323. The number of amides is 1. The van der Waals surface area contributed by atoms with Crippen molar-refractivity contribution in [3.05, 3.63) is 62.7 Å². The molecule has 2 saturated carbocycles. The predicted octanol–water partition coefficient (Wildman–Crippen LogP) is 6.13. The van der Waals surface area contributed by atoms with Gasteiger partial charge in [0.15, 0.2) is 5.82 Å². The monoisotopic (exact) mass is 506 g/mol. The van der Waals surface area contributed by atoms with Crippen LogP contribution in [0.25, 0.3) is 0 Å². The van der Waals surface area contributed by atoms with E-state index in [0.717, 1.165) is 59.9 Å². The SMILES string of the molecule is Cc1ccc(NC(=O)C[C@H](CCc2noc(=O)[nH]2)c2noc([C@H]3C[C@@H](CC(C)C)C3)c2C2CC2)c(C)c1. The third-order valence-electron chi connectivity index (χ3n) is 7.87. The van der Waals surface area contributed by atoms with Crippen molar-refractivity contribution in [3.63, 3.8) is 0 Å². The van der Waals surface area contributed by atoms with E-state index in [0.29, 0.717) is 36.4 Å². The molecule has 1 aromatic carbocycles. The van der Waals surface area contributed by atoms with Crippen molar-refractivity contribution in [1.82, 2.24) is 15.3 Å². The summed E-state index contributed by atoms with van der Waals surface area (Å²) < 4.78 is 10.7. The van der Waals surface area contributed by atoms with E-state index in [-0.39, 0.29) is 18.2 Å². The molecule has 2 N–H and O–H groups in total. The average Bonchev–Trinajstić information content (AvgIpc) is 3.42. The molecule has 2 fully saturated rings. The smallest absolute Gasteiger partial charge is 0.361 e. The molecule has 3 aromatic rings. The maximum absolute atomic E-state index is 13.2. The molecule has 2 aliphatic rings. The summed E-state index contributed by atoms with van der Waals surface area (Å²) in [6, 6.07) is 6.02. The van der Waals surface area contributed by atoms with Gasteiger partial charge in [-0.3, -0.25) is 14.3 Å². The van der Waals surface area contributed by atoms with Crippen LogP contribution in [0.4, 0.5) is 5.69 Å². The van der Waals surface area contributed by atoms with Crippen molar-refractivity contribution in [3.8, 4) is 0 Å². The lowest BCUT2D eigenvalue weighted by Gasteiger charge is -2.35. The van der Waals surface area contributed by atoms with Gasteiger partial charge in [-0.15, -0.1) is 0 Å². The molecule has 0 spiro atoms. The molecular formula is C29H38N4O4. The first kappa shape index (κ1) is 25.5. The van der Waals surface area contributed by atoms with Crippen LogP contribution in [-0.4, -0.2) is 21.2 Å². The Morgan fingerprint density at radius 2 is 1.92 bits per heavy atom. The van der Waals surface area contributed by atoms with Gasteiger partial charge in [-0.05, 0) is 81.8 Å². The maximum atomic E-state index is 13.2. The Morgan fingerprint density at radius 3 is 2.57 bits per heavy atom. The third-order valence-corrected chi connectivity index (χ3v) is 7.87. The minimum Gasteiger partial charge on any atom is -0.361 e. The van der Waals surface area contributed by atoms with Gasteiger partial charge in [0.25, 0.3) is 0 Å². The van der Waals surface area contributed by atoms with E-state index in [1.165, 1.54) is 12.0 Å². The number of carbonyl (C=O) groups is 1. The van der Waals surface area contributed by atoms with Gasteiger partial charge in [-0.1, -0.05) is 41.9 Å². The van der Waals surface area contributed by atoms with Crippen molar-refractivity contribution in [2.24, 2.45) is 11.8 Å². The molecule has 8 nitrogen and oxygen atoms in total. The highest BCUT2D eigenvalue weighted by Gasteiger charge is 2.41. The molecule has 37 heavy (non-hydrogen) atoms. The first-order valence-electron chi connectivity index (χ1n) is 13.7. The van der Waals surface area contributed by atoms with Crippen molar-refractivity contribution < 1.29 is 13.8 Å². The van der Waals surface area contributed by atoms with E-state index in [1.807, 2.05) is 26.0 Å². The van der Waals surface area contributed by atoms with Gasteiger partial charge >= 0.3 is 5.76 Å². The van der Waals surface area contributed by atoms with Gasteiger partial charge in [0.05, 0.1) is 5.69 Å². The van der Waals surface area contributed by atoms with Crippen molar-refractivity contribution in [2.75, 3.05) is 5.32 Å². The summed E-state index contributed by atoms with van der Waals surface area (Å²) in [5, 5.41) is 11.5. The number of nitrogens with zero attached hydrogens (tertiary/aromatic N) is 2. The Morgan fingerprint density at radius 1 is 1.14 bits per heavy atom. The summed E-state index contributed by atoms with van der Waals surface area (Å²) >= 11 is 0.